The summed E-state index contributed by atoms with van der Waals surface area (Å²) in [6.45, 7) is 1.03. The van der Waals surface area contributed by atoms with Crippen molar-refractivity contribution in [2.75, 3.05) is 25.9 Å². The zero-order valence-corrected chi connectivity index (χ0v) is 11.3. The molecule has 2 rings (SSSR count). The number of sulfonamides is 1. The molecule has 96 valence electrons. The van der Waals surface area contributed by atoms with Crippen LogP contribution in [0.2, 0.25) is 0 Å². The molecule has 2 N–H and O–H groups in total. The van der Waals surface area contributed by atoms with Crippen LogP contribution in [0.5, 0.6) is 0 Å². The van der Waals surface area contributed by atoms with Gasteiger partial charge in [0.2, 0.25) is 0 Å². The van der Waals surface area contributed by atoms with E-state index in [4.69, 9.17) is 10.5 Å². The molecular weight excluding hydrogens is 260 g/mol. The zero-order valence-electron chi connectivity index (χ0n) is 9.63. The van der Waals surface area contributed by atoms with Crippen LogP contribution in [0, 0.1) is 0 Å². The highest BCUT2D eigenvalue weighted by Crippen LogP contribution is 2.27. The summed E-state index contributed by atoms with van der Waals surface area (Å²) >= 11 is 1.17. The Morgan fingerprint density at radius 3 is 2.59 bits per heavy atom. The molecule has 0 amide bonds. The average Bonchev–Trinajstić information content (AvgIpc) is 2.77. The minimum atomic E-state index is -3.36. The van der Waals surface area contributed by atoms with Gasteiger partial charge in [-0.2, -0.15) is 4.31 Å². The fraction of sp³-hybridized carbons (Fsp3) is 0.600. The third-order valence-electron chi connectivity index (χ3n) is 2.92. The van der Waals surface area contributed by atoms with E-state index < -0.39 is 10.0 Å². The lowest BCUT2D eigenvalue weighted by Gasteiger charge is -2.29. The average molecular weight is 276 g/mol. The van der Waals surface area contributed by atoms with E-state index in [1.165, 1.54) is 21.7 Å². The Kier molecular flexibility index (Phi) is 3.72. The molecule has 0 atom stereocenters. The Morgan fingerprint density at radius 1 is 1.47 bits per heavy atom. The summed E-state index contributed by atoms with van der Waals surface area (Å²) in [5.41, 5.74) is 6.06. The smallest absolute Gasteiger partial charge is 0.252 e. The van der Waals surface area contributed by atoms with Crippen molar-refractivity contribution in [2.45, 2.75) is 23.2 Å². The highest BCUT2D eigenvalue weighted by molar-refractivity contribution is 7.91. The minimum Gasteiger partial charge on any atom is -0.398 e. The summed E-state index contributed by atoms with van der Waals surface area (Å²) in [7, 11) is -1.70. The number of hydrogen-bond acceptors (Lipinski definition) is 5. The van der Waals surface area contributed by atoms with Gasteiger partial charge in [0.15, 0.2) is 0 Å². The van der Waals surface area contributed by atoms with Gasteiger partial charge >= 0.3 is 0 Å². The summed E-state index contributed by atoms with van der Waals surface area (Å²) in [6.07, 6.45) is 1.67. The highest BCUT2D eigenvalue weighted by Gasteiger charge is 2.30. The molecule has 0 saturated carbocycles. The third-order valence-corrected chi connectivity index (χ3v) is 6.26. The van der Waals surface area contributed by atoms with Crippen LogP contribution in [0.15, 0.2) is 15.7 Å². The number of rotatable bonds is 3. The Hall–Kier alpha value is -0.630. The van der Waals surface area contributed by atoms with Crippen LogP contribution >= 0.6 is 11.3 Å². The van der Waals surface area contributed by atoms with E-state index in [1.807, 2.05) is 0 Å². The third kappa shape index (κ3) is 2.62. The fourth-order valence-corrected chi connectivity index (χ4v) is 4.60. The summed E-state index contributed by atoms with van der Waals surface area (Å²) < 4.78 is 31.5. The van der Waals surface area contributed by atoms with Gasteiger partial charge in [0.25, 0.3) is 10.0 Å². The minimum absolute atomic E-state index is 0.176. The molecule has 0 unspecified atom stereocenters. The van der Waals surface area contributed by atoms with E-state index in [1.54, 1.807) is 12.5 Å². The normalized spacial score (nSPS) is 19.6. The van der Waals surface area contributed by atoms with Gasteiger partial charge in [0.05, 0.1) is 6.10 Å². The Labute approximate surface area is 105 Å². The van der Waals surface area contributed by atoms with Gasteiger partial charge in [0, 0.05) is 31.3 Å². The second-order valence-corrected chi connectivity index (χ2v) is 7.11. The van der Waals surface area contributed by atoms with Crippen molar-refractivity contribution in [3.8, 4) is 0 Å². The largest absolute Gasteiger partial charge is 0.398 e. The number of nitrogen functional groups attached to an aromatic ring is 1. The summed E-state index contributed by atoms with van der Waals surface area (Å²) in [5.74, 6) is 0. The van der Waals surface area contributed by atoms with Gasteiger partial charge < -0.3 is 10.5 Å². The van der Waals surface area contributed by atoms with Crippen molar-refractivity contribution in [1.29, 1.82) is 0 Å². The van der Waals surface area contributed by atoms with E-state index in [2.05, 4.69) is 0 Å². The maximum Gasteiger partial charge on any atom is 0.252 e. The Morgan fingerprint density at radius 2 is 2.12 bits per heavy atom. The van der Waals surface area contributed by atoms with Gasteiger partial charge in [-0.15, -0.1) is 11.3 Å². The fourth-order valence-electron chi connectivity index (χ4n) is 1.90. The molecule has 0 aliphatic carbocycles. The van der Waals surface area contributed by atoms with Crippen LogP contribution in [0.3, 0.4) is 0 Å². The van der Waals surface area contributed by atoms with Crippen molar-refractivity contribution < 1.29 is 13.2 Å². The lowest BCUT2D eigenvalue weighted by Crippen LogP contribution is -2.40. The van der Waals surface area contributed by atoms with Gasteiger partial charge in [-0.3, -0.25) is 0 Å². The lowest BCUT2D eigenvalue weighted by molar-refractivity contribution is 0.0605. The molecule has 2 heterocycles. The number of methoxy groups -OCH3 is 1. The lowest BCUT2D eigenvalue weighted by atomic mass is 10.1. The number of hydrogen-bond donors (Lipinski definition) is 1. The summed E-state index contributed by atoms with van der Waals surface area (Å²) in [4.78, 5) is 0. The second-order valence-electron chi connectivity index (χ2n) is 4.04. The molecule has 0 spiro atoms. The Bertz CT molecular complexity index is 475. The predicted octanol–water partition coefficient (Wildman–Crippen LogP) is 1.13. The molecule has 0 bridgehead atoms. The molecule has 0 radical (unpaired) electrons. The highest BCUT2D eigenvalue weighted by atomic mass is 32.2. The quantitative estimate of drug-likeness (QED) is 0.898. The van der Waals surface area contributed by atoms with E-state index >= 15 is 0 Å². The molecular formula is C10H16N2O3S2. The first-order valence-corrected chi connectivity index (χ1v) is 7.73. The molecule has 1 aromatic rings. The van der Waals surface area contributed by atoms with E-state index in [9.17, 15) is 8.42 Å². The predicted molar refractivity (Wildman–Crippen MR) is 67.5 cm³/mol. The standard InChI is InChI=1S/C10H16N2O3S2/c1-15-9-2-4-12(5-3-9)17(13,14)10-6-8(11)7-16-10/h6-7,9H,2-5,11H2,1H3. The first-order valence-electron chi connectivity index (χ1n) is 5.41. The Balaban J connectivity index is 2.12. The zero-order chi connectivity index (χ0) is 12.5. The number of ether oxygens (including phenoxy) is 1. The summed E-state index contributed by atoms with van der Waals surface area (Å²) in [6, 6.07) is 1.52. The molecule has 1 aliphatic heterocycles. The first kappa shape index (κ1) is 12.8. The number of piperidine rings is 1. The SMILES string of the molecule is COC1CCN(S(=O)(=O)c2cc(N)cs2)CC1. The molecule has 0 aromatic carbocycles. The monoisotopic (exact) mass is 276 g/mol. The molecule has 5 nitrogen and oxygen atoms in total. The van der Waals surface area contributed by atoms with E-state index in [-0.39, 0.29) is 6.10 Å². The van der Waals surface area contributed by atoms with Crippen molar-refractivity contribution >= 4 is 27.0 Å². The van der Waals surface area contributed by atoms with Crippen molar-refractivity contribution in [3.05, 3.63) is 11.4 Å². The van der Waals surface area contributed by atoms with E-state index in [0.29, 0.717) is 23.0 Å². The number of nitrogens with zero attached hydrogens (tertiary/aromatic N) is 1. The van der Waals surface area contributed by atoms with E-state index in [0.717, 1.165) is 12.8 Å². The number of anilines is 1. The van der Waals surface area contributed by atoms with Crippen LogP contribution in [0.25, 0.3) is 0 Å². The number of nitrogens with two attached hydrogens (primary N) is 1. The molecule has 1 aliphatic rings. The van der Waals surface area contributed by atoms with Crippen molar-refractivity contribution in [1.82, 2.24) is 4.31 Å². The van der Waals surface area contributed by atoms with Crippen LogP contribution in [0.4, 0.5) is 5.69 Å². The van der Waals surface area contributed by atoms with Crippen molar-refractivity contribution in [3.63, 3.8) is 0 Å². The van der Waals surface area contributed by atoms with Gasteiger partial charge in [-0.1, -0.05) is 0 Å². The van der Waals surface area contributed by atoms with Gasteiger partial charge in [-0.25, -0.2) is 8.42 Å². The molecule has 17 heavy (non-hydrogen) atoms. The van der Waals surface area contributed by atoms with Gasteiger partial charge in [-0.05, 0) is 18.9 Å². The molecule has 1 aromatic heterocycles. The van der Waals surface area contributed by atoms with Crippen molar-refractivity contribution in [2.24, 2.45) is 0 Å². The maximum atomic E-state index is 12.2. The maximum absolute atomic E-state index is 12.2. The van der Waals surface area contributed by atoms with Crippen LogP contribution in [0.1, 0.15) is 12.8 Å². The van der Waals surface area contributed by atoms with Crippen LogP contribution in [-0.4, -0.2) is 39.0 Å². The molecule has 7 heteroatoms. The number of thiophene rings is 1. The van der Waals surface area contributed by atoms with Crippen LogP contribution < -0.4 is 5.73 Å². The van der Waals surface area contributed by atoms with Crippen LogP contribution in [-0.2, 0) is 14.8 Å². The van der Waals surface area contributed by atoms with Gasteiger partial charge in [0.1, 0.15) is 4.21 Å². The first-order chi connectivity index (χ1) is 8.04. The molecule has 1 saturated heterocycles. The summed E-state index contributed by atoms with van der Waals surface area (Å²) in [5, 5.41) is 1.65. The topological polar surface area (TPSA) is 72.6 Å². The second kappa shape index (κ2) is 4.93. The molecule has 1 fully saturated rings.